The highest BCUT2D eigenvalue weighted by Gasteiger charge is 2.19. The second kappa shape index (κ2) is 8.47. The van der Waals surface area contributed by atoms with E-state index in [0.29, 0.717) is 16.6 Å². The van der Waals surface area contributed by atoms with Crippen molar-refractivity contribution in [1.82, 2.24) is 4.98 Å². The zero-order chi connectivity index (χ0) is 21.2. The second-order valence-corrected chi connectivity index (χ2v) is 10.7. The summed E-state index contributed by atoms with van der Waals surface area (Å²) in [4.78, 5) is 17.2. The lowest BCUT2D eigenvalue weighted by molar-refractivity contribution is 0.102. The average molecular weight is 429 g/mol. The van der Waals surface area contributed by atoms with Crippen LogP contribution in [0.1, 0.15) is 49.5 Å². The maximum absolute atomic E-state index is 12.5. The number of nitrogens with zero attached hydrogens (tertiary/aromatic N) is 1. The Balaban J connectivity index is 1.72. The highest BCUT2D eigenvalue weighted by Crippen LogP contribution is 2.27. The largest absolute Gasteiger partial charge is 0.298 e. The molecule has 1 aromatic heterocycles. The van der Waals surface area contributed by atoms with E-state index >= 15 is 0 Å². The standard InChI is InChI=1S/C22H24N2O3S2/c1-14(2)16-5-7-17(8-6-16)20-13-28-22(23-20)24-21(25)18-9-11-19(12-10-18)29(26,27)15(3)4/h5-15H,1-4H3,(H,23,24,25). The molecule has 0 saturated carbocycles. The first-order valence-corrected chi connectivity index (χ1v) is 11.8. The summed E-state index contributed by atoms with van der Waals surface area (Å²) in [6.45, 7) is 7.56. The molecule has 29 heavy (non-hydrogen) atoms. The third kappa shape index (κ3) is 4.74. The molecule has 2 aromatic carbocycles. The van der Waals surface area contributed by atoms with Gasteiger partial charge in [-0.2, -0.15) is 0 Å². The van der Waals surface area contributed by atoms with Crippen LogP contribution < -0.4 is 5.32 Å². The normalized spacial score (nSPS) is 11.8. The molecule has 3 rings (SSSR count). The molecule has 5 nitrogen and oxygen atoms in total. The molecule has 152 valence electrons. The van der Waals surface area contributed by atoms with Gasteiger partial charge in [-0.25, -0.2) is 13.4 Å². The average Bonchev–Trinajstić information content (AvgIpc) is 3.16. The molecule has 0 radical (unpaired) electrons. The van der Waals surface area contributed by atoms with E-state index in [9.17, 15) is 13.2 Å². The van der Waals surface area contributed by atoms with Crippen LogP contribution in [0.5, 0.6) is 0 Å². The number of thiazole rings is 1. The first-order valence-electron chi connectivity index (χ1n) is 9.39. The minimum atomic E-state index is -3.36. The number of benzene rings is 2. The summed E-state index contributed by atoms with van der Waals surface area (Å²) in [7, 11) is -3.36. The van der Waals surface area contributed by atoms with Crippen molar-refractivity contribution in [2.24, 2.45) is 0 Å². The highest BCUT2D eigenvalue weighted by atomic mass is 32.2. The van der Waals surface area contributed by atoms with Crippen LogP contribution in [-0.4, -0.2) is 24.6 Å². The number of carbonyl (C=O) groups is 1. The topological polar surface area (TPSA) is 76.1 Å². The Bertz CT molecular complexity index is 1100. The van der Waals surface area contributed by atoms with E-state index in [2.05, 4.69) is 36.3 Å². The summed E-state index contributed by atoms with van der Waals surface area (Å²) < 4.78 is 24.4. The zero-order valence-electron chi connectivity index (χ0n) is 16.8. The van der Waals surface area contributed by atoms with Crippen molar-refractivity contribution in [3.8, 4) is 11.3 Å². The third-order valence-electron chi connectivity index (χ3n) is 4.66. The van der Waals surface area contributed by atoms with Crippen LogP contribution in [0.2, 0.25) is 0 Å². The summed E-state index contributed by atoms with van der Waals surface area (Å²) in [5, 5.41) is 4.67. The Kier molecular flexibility index (Phi) is 6.19. The molecule has 0 unspecified atom stereocenters. The van der Waals surface area contributed by atoms with Gasteiger partial charge in [0.15, 0.2) is 15.0 Å². The Labute approximate surface area is 175 Å². The van der Waals surface area contributed by atoms with Crippen molar-refractivity contribution in [2.45, 2.75) is 43.8 Å². The van der Waals surface area contributed by atoms with E-state index in [4.69, 9.17) is 0 Å². The molecule has 1 amide bonds. The van der Waals surface area contributed by atoms with Gasteiger partial charge in [0.1, 0.15) is 0 Å². The summed E-state index contributed by atoms with van der Waals surface area (Å²) >= 11 is 1.35. The maximum Gasteiger partial charge on any atom is 0.257 e. The summed E-state index contributed by atoms with van der Waals surface area (Å²) in [6.07, 6.45) is 0. The van der Waals surface area contributed by atoms with Crippen LogP contribution >= 0.6 is 11.3 Å². The Hall–Kier alpha value is -2.51. The Morgan fingerprint density at radius 1 is 0.966 bits per heavy atom. The Morgan fingerprint density at radius 2 is 1.59 bits per heavy atom. The fourth-order valence-corrected chi connectivity index (χ4v) is 4.51. The molecule has 0 aliphatic heterocycles. The van der Waals surface area contributed by atoms with Crippen LogP contribution in [0.3, 0.4) is 0 Å². The number of amides is 1. The molecule has 7 heteroatoms. The lowest BCUT2D eigenvalue weighted by Gasteiger charge is -2.08. The van der Waals surface area contributed by atoms with Crippen molar-refractivity contribution in [3.63, 3.8) is 0 Å². The highest BCUT2D eigenvalue weighted by molar-refractivity contribution is 7.92. The SMILES string of the molecule is CC(C)c1ccc(-c2csc(NC(=O)c3ccc(S(=O)(=O)C(C)C)cc3)n2)cc1. The van der Waals surface area contributed by atoms with Crippen LogP contribution in [0, 0.1) is 0 Å². The van der Waals surface area contributed by atoms with Crippen molar-refractivity contribution in [3.05, 3.63) is 65.0 Å². The number of anilines is 1. The smallest absolute Gasteiger partial charge is 0.257 e. The molecule has 1 N–H and O–H groups in total. The Morgan fingerprint density at radius 3 is 2.14 bits per heavy atom. The van der Waals surface area contributed by atoms with E-state index in [1.807, 2.05) is 17.5 Å². The number of sulfone groups is 1. The van der Waals surface area contributed by atoms with Gasteiger partial charge >= 0.3 is 0 Å². The van der Waals surface area contributed by atoms with E-state index in [1.54, 1.807) is 13.8 Å². The van der Waals surface area contributed by atoms with Crippen molar-refractivity contribution >= 4 is 32.2 Å². The number of aromatic nitrogens is 1. The summed E-state index contributed by atoms with van der Waals surface area (Å²) in [5.74, 6) is 0.144. The molecular formula is C22H24N2O3S2. The van der Waals surface area contributed by atoms with Gasteiger partial charge < -0.3 is 0 Å². The fourth-order valence-electron chi connectivity index (χ4n) is 2.74. The third-order valence-corrected chi connectivity index (χ3v) is 7.59. The van der Waals surface area contributed by atoms with Crippen LogP contribution in [-0.2, 0) is 9.84 Å². The van der Waals surface area contributed by atoms with Gasteiger partial charge in [0, 0.05) is 16.5 Å². The van der Waals surface area contributed by atoms with E-state index < -0.39 is 15.1 Å². The van der Waals surface area contributed by atoms with Gasteiger partial charge in [-0.1, -0.05) is 38.1 Å². The number of hydrogen-bond donors (Lipinski definition) is 1. The number of nitrogens with one attached hydrogen (secondary N) is 1. The molecule has 0 spiro atoms. The first kappa shape index (κ1) is 21.2. The molecule has 0 atom stereocenters. The molecule has 0 saturated heterocycles. The van der Waals surface area contributed by atoms with E-state index in [0.717, 1.165) is 11.3 Å². The van der Waals surface area contributed by atoms with Gasteiger partial charge in [0.25, 0.3) is 5.91 Å². The van der Waals surface area contributed by atoms with Crippen LogP contribution in [0.25, 0.3) is 11.3 Å². The van der Waals surface area contributed by atoms with Crippen molar-refractivity contribution in [1.29, 1.82) is 0 Å². The van der Waals surface area contributed by atoms with E-state index in [-0.39, 0.29) is 10.8 Å². The number of hydrogen-bond acceptors (Lipinski definition) is 5. The molecule has 0 aliphatic carbocycles. The molecule has 0 aliphatic rings. The second-order valence-electron chi connectivity index (χ2n) is 7.39. The summed E-state index contributed by atoms with van der Waals surface area (Å²) in [6, 6.07) is 14.2. The zero-order valence-corrected chi connectivity index (χ0v) is 18.5. The quantitative estimate of drug-likeness (QED) is 0.573. The van der Waals surface area contributed by atoms with Crippen LogP contribution in [0.15, 0.2) is 58.8 Å². The summed E-state index contributed by atoms with van der Waals surface area (Å²) in [5.41, 5.74) is 3.44. The lowest BCUT2D eigenvalue weighted by atomic mass is 10.0. The van der Waals surface area contributed by atoms with Crippen molar-refractivity contribution < 1.29 is 13.2 Å². The predicted octanol–water partition coefficient (Wildman–Crippen LogP) is 5.37. The van der Waals surface area contributed by atoms with Gasteiger partial charge in [-0.3, -0.25) is 10.1 Å². The van der Waals surface area contributed by atoms with Gasteiger partial charge in [-0.15, -0.1) is 11.3 Å². The monoisotopic (exact) mass is 428 g/mol. The molecule has 0 bridgehead atoms. The maximum atomic E-state index is 12.5. The molecule has 0 fully saturated rings. The predicted molar refractivity (Wildman–Crippen MR) is 118 cm³/mol. The number of rotatable bonds is 6. The minimum absolute atomic E-state index is 0.213. The van der Waals surface area contributed by atoms with Crippen LogP contribution in [0.4, 0.5) is 5.13 Å². The minimum Gasteiger partial charge on any atom is -0.298 e. The first-order chi connectivity index (χ1) is 13.7. The fraction of sp³-hybridized carbons (Fsp3) is 0.273. The van der Waals surface area contributed by atoms with E-state index in [1.165, 1.54) is 41.2 Å². The molecule has 1 heterocycles. The van der Waals surface area contributed by atoms with Gasteiger partial charge in [0.2, 0.25) is 0 Å². The molecule has 3 aromatic rings. The lowest BCUT2D eigenvalue weighted by Crippen LogP contribution is -2.15. The van der Waals surface area contributed by atoms with Gasteiger partial charge in [0.05, 0.1) is 15.8 Å². The van der Waals surface area contributed by atoms with Gasteiger partial charge in [-0.05, 0) is 49.6 Å². The molecular weight excluding hydrogens is 404 g/mol. The van der Waals surface area contributed by atoms with Crippen molar-refractivity contribution in [2.75, 3.05) is 5.32 Å². The number of carbonyl (C=O) groups excluding carboxylic acids is 1.